The SMILES string of the molecule is CCc1nc(N)cc(Nc2ccc(Br)c(OC)c2)n1. The van der Waals surface area contributed by atoms with Gasteiger partial charge in [-0.3, -0.25) is 0 Å². The van der Waals surface area contributed by atoms with Crippen molar-refractivity contribution < 1.29 is 4.74 Å². The molecule has 0 amide bonds. The predicted molar refractivity (Wildman–Crippen MR) is 79.8 cm³/mol. The number of rotatable bonds is 4. The van der Waals surface area contributed by atoms with Gasteiger partial charge in [-0.1, -0.05) is 6.92 Å². The molecule has 5 nitrogen and oxygen atoms in total. The number of benzene rings is 1. The Balaban J connectivity index is 2.28. The number of halogens is 1. The van der Waals surface area contributed by atoms with Crippen LogP contribution in [0.5, 0.6) is 5.75 Å². The lowest BCUT2D eigenvalue weighted by atomic mass is 10.3. The largest absolute Gasteiger partial charge is 0.495 e. The molecule has 0 saturated carbocycles. The second-order valence-electron chi connectivity index (χ2n) is 3.92. The standard InChI is InChI=1S/C13H15BrN4O/c1-3-12-17-11(15)7-13(18-12)16-8-4-5-9(14)10(6-8)19-2/h4-7H,3H2,1-2H3,(H3,15,16,17,18). The Morgan fingerprint density at radius 2 is 2.11 bits per heavy atom. The third-order valence-corrected chi connectivity index (χ3v) is 3.19. The fourth-order valence-electron chi connectivity index (χ4n) is 1.63. The molecule has 1 aromatic carbocycles. The van der Waals surface area contributed by atoms with E-state index in [1.165, 1.54) is 0 Å². The smallest absolute Gasteiger partial charge is 0.136 e. The molecule has 0 unspecified atom stereocenters. The third kappa shape index (κ3) is 3.35. The van der Waals surface area contributed by atoms with Crippen molar-refractivity contribution in [3.8, 4) is 5.75 Å². The van der Waals surface area contributed by atoms with E-state index in [0.29, 0.717) is 17.5 Å². The van der Waals surface area contributed by atoms with E-state index in [0.717, 1.165) is 22.3 Å². The van der Waals surface area contributed by atoms with Gasteiger partial charge in [-0.15, -0.1) is 0 Å². The minimum atomic E-state index is 0.457. The van der Waals surface area contributed by atoms with Gasteiger partial charge in [0, 0.05) is 24.2 Å². The predicted octanol–water partition coefficient (Wildman–Crippen LogP) is 3.14. The Kier molecular flexibility index (Phi) is 4.21. The van der Waals surface area contributed by atoms with Gasteiger partial charge in [-0.05, 0) is 28.1 Å². The normalized spacial score (nSPS) is 10.3. The van der Waals surface area contributed by atoms with E-state index in [-0.39, 0.29) is 0 Å². The molecular weight excluding hydrogens is 308 g/mol. The van der Waals surface area contributed by atoms with Gasteiger partial charge in [0.25, 0.3) is 0 Å². The molecular formula is C13H15BrN4O. The Morgan fingerprint density at radius 1 is 1.32 bits per heavy atom. The Hall–Kier alpha value is -1.82. The summed E-state index contributed by atoms with van der Waals surface area (Å²) in [7, 11) is 1.63. The lowest BCUT2D eigenvalue weighted by Crippen LogP contribution is -2.02. The van der Waals surface area contributed by atoms with E-state index < -0.39 is 0 Å². The van der Waals surface area contributed by atoms with Crippen LogP contribution in [0, 0.1) is 0 Å². The summed E-state index contributed by atoms with van der Waals surface area (Å²) in [5.41, 5.74) is 6.62. The average molecular weight is 323 g/mol. The van der Waals surface area contributed by atoms with Crippen molar-refractivity contribution >= 4 is 33.3 Å². The van der Waals surface area contributed by atoms with E-state index in [1.807, 2.05) is 25.1 Å². The number of ether oxygens (including phenoxy) is 1. The summed E-state index contributed by atoms with van der Waals surface area (Å²) in [4.78, 5) is 8.51. The highest BCUT2D eigenvalue weighted by molar-refractivity contribution is 9.10. The van der Waals surface area contributed by atoms with Crippen LogP contribution in [-0.2, 0) is 6.42 Å². The number of aromatic nitrogens is 2. The van der Waals surface area contributed by atoms with Crippen LogP contribution >= 0.6 is 15.9 Å². The molecule has 0 spiro atoms. The van der Waals surface area contributed by atoms with Crippen LogP contribution in [0.25, 0.3) is 0 Å². The molecule has 0 radical (unpaired) electrons. The number of nitrogens with zero attached hydrogens (tertiary/aromatic N) is 2. The van der Waals surface area contributed by atoms with Crippen LogP contribution in [0.1, 0.15) is 12.7 Å². The number of anilines is 3. The van der Waals surface area contributed by atoms with Crippen molar-refractivity contribution in [1.29, 1.82) is 0 Å². The van der Waals surface area contributed by atoms with Crippen LogP contribution in [0.15, 0.2) is 28.7 Å². The number of nitrogen functional groups attached to an aromatic ring is 1. The first-order valence-corrected chi connectivity index (χ1v) is 6.65. The summed E-state index contributed by atoms with van der Waals surface area (Å²) >= 11 is 3.41. The van der Waals surface area contributed by atoms with Crippen molar-refractivity contribution in [2.24, 2.45) is 0 Å². The second kappa shape index (κ2) is 5.88. The number of nitrogens with two attached hydrogens (primary N) is 1. The lowest BCUT2D eigenvalue weighted by molar-refractivity contribution is 0.412. The number of hydrogen-bond donors (Lipinski definition) is 2. The van der Waals surface area contributed by atoms with Gasteiger partial charge in [-0.2, -0.15) is 0 Å². The highest BCUT2D eigenvalue weighted by Gasteiger charge is 2.05. The van der Waals surface area contributed by atoms with Gasteiger partial charge >= 0.3 is 0 Å². The molecule has 1 heterocycles. The number of aryl methyl sites for hydroxylation is 1. The average Bonchev–Trinajstić information content (AvgIpc) is 2.40. The first kappa shape index (κ1) is 13.6. The molecule has 2 rings (SSSR count). The summed E-state index contributed by atoms with van der Waals surface area (Å²) in [6.45, 7) is 1.99. The second-order valence-corrected chi connectivity index (χ2v) is 4.78. The van der Waals surface area contributed by atoms with Gasteiger partial charge in [0.2, 0.25) is 0 Å². The molecule has 0 saturated heterocycles. The maximum Gasteiger partial charge on any atom is 0.136 e. The van der Waals surface area contributed by atoms with Crippen LogP contribution in [0.4, 0.5) is 17.3 Å². The molecule has 0 aliphatic heterocycles. The zero-order valence-electron chi connectivity index (χ0n) is 10.8. The van der Waals surface area contributed by atoms with E-state index in [4.69, 9.17) is 10.5 Å². The summed E-state index contributed by atoms with van der Waals surface area (Å²) in [6, 6.07) is 7.42. The third-order valence-electron chi connectivity index (χ3n) is 2.53. The highest BCUT2D eigenvalue weighted by atomic mass is 79.9. The van der Waals surface area contributed by atoms with Crippen LogP contribution in [0.2, 0.25) is 0 Å². The zero-order chi connectivity index (χ0) is 13.8. The van der Waals surface area contributed by atoms with Crippen molar-refractivity contribution in [3.05, 3.63) is 34.6 Å². The molecule has 0 aliphatic rings. The van der Waals surface area contributed by atoms with Gasteiger partial charge < -0.3 is 15.8 Å². The molecule has 3 N–H and O–H groups in total. The molecule has 100 valence electrons. The Bertz CT molecular complexity index is 589. The summed E-state index contributed by atoms with van der Waals surface area (Å²) < 4.78 is 6.15. The fraction of sp³-hybridized carbons (Fsp3) is 0.231. The first-order chi connectivity index (χ1) is 9.12. The summed E-state index contributed by atoms with van der Waals surface area (Å²) in [6.07, 6.45) is 0.739. The van der Waals surface area contributed by atoms with Gasteiger partial charge in [0.05, 0.1) is 11.6 Å². The highest BCUT2D eigenvalue weighted by Crippen LogP contribution is 2.29. The van der Waals surface area contributed by atoms with E-state index in [2.05, 4.69) is 31.2 Å². The molecule has 0 bridgehead atoms. The topological polar surface area (TPSA) is 73.1 Å². The lowest BCUT2D eigenvalue weighted by Gasteiger charge is -2.10. The molecule has 19 heavy (non-hydrogen) atoms. The maximum absolute atomic E-state index is 5.75. The fourth-order valence-corrected chi connectivity index (χ4v) is 2.03. The monoisotopic (exact) mass is 322 g/mol. The van der Waals surface area contributed by atoms with E-state index in [9.17, 15) is 0 Å². The minimum absolute atomic E-state index is 0.457. The molecule has 0 atom stereocenters. The molecule has 6 heteroatoms. The first-order valence-electron chi connectivity index (χ1n) is 5.86. The summed E-state index contributed by atoms with van der Waals surface area (Å²) in [5.74, 6) is 2.60. The Morgan fingerprint density at radius 3 is 2.79 bits per heavy atom. The number of hydrogen-bond acceptors (Lipinski definition) is 5. The Labute approximate surface area is 120 Å². The number of nitrogens with one attached hydrogen (secondary N) is 1. The van der Waals surface area contributed by atoms with Gasteiger partial charge in [0.15, 0.2) is 0 Å². The molecule has 0 fully saturated rings. The van der Waals surface area contributed by atoms with Gasteiger partial charge in [0.1, 0.15) is 23.2 Å². The van der Waals surface area contributed by atoms with Crippen molar-refractivity contribution in [1.82, 2.24) is 9.97 Å². The minimum Gasteiger partial charge on any atom is -0.495 e. The van der Waals surface area contributed by atoms with E-state index in [1.54, 1.807) is 13.2 Å². The zero-order valence-corrected chi connectivity index (χ0v) is 12.4. The quantitative estimate of drug-likeness (QED) is 0.904. The van der Waals surface area contributed by atoms with E-state index >= 15 is 0 Å². The number of methoxy groups -OCH3 is 1. The van der Waals surface area contributed by atoms with Crippen LogP contribution in [-0.4, -0.2) is 17.1 Å². The molecule has 1 aromatic heterocycles. The molecule has 0 aliphatic carbocycles. The summed E-state index contributed by atoms with van der Waals surface area (Å²) in [5, 5.41) is 3.19. The van der Waals surface area contributed by atoms with Crippen molar-refractivity contribution in [2.75, 3.05) is 18.2 Å². The van der Waals surface area contributed by atoms with Crippen molar-refractivity contribution in [2.45, 2.75) is 13.3 Å². The van der Waals surface area contributed by atoms with Gasteiger partial charge in [-0.25, -0.2) is 9.97 Å². The van der Waals surface area contributed by atoms with Crippen molar-refractivity contribution in [3.63, 3.8) is 0 Å². The van der Waals surface area contributed by atoms with Crippen LogP contribution < -0.4 is 15.8 Å². The molecule has 2 aromatic rings. The van der Waals surface area contributed by atoms with Crippen LogP contribution in [0.3, 0.4) is 0 Å². The maximum atomic E-state index is 5.75.